The van der Waals surface area contributed by atoms with E-state index in [1.54, 1.807) is 30.3 Å². The van der Waals surface area contributed by atoms with Crippen LogP contribution in [0, 0.1) is 0 Å². The van der Waals surface area contributed by atoms with E-state index in [9.17, 15) is 9.59 Å². The molecule has 0 bridgehead atoms. The Kier molecular flexibility index (Phi) is 5.55. The van der Waals surface area contributed by atoms with E-state index in [0.29, 0.717) is 33.0 Å². The topological polar surface area (TPSA) is 68.5 Å². The van der Waals surface area contributed by atoms with Gasteiger partial charge in [-0.1, -0.05) is 54.1 Å². The molecule has 0 spiro atoms. The summed E-state index contributed by atoms with van der Waals surface area (Å²) in [6.45, 7) is 0. The number of amides is 1. The monoisotopic (exact) mass is 419 g/mol. The maximum absolute atomic E-state index is 13.2. The number of rotatable bonds is 6. The molecule has 1 amide bonds. The molecule has 0 saturated heterocycles. The van der Waals surface area contributed by atoms with Gasteiger partial charge in [0, 0.05) is 10.9 Å². The molecule has 0 aliphatic rings. The van der Waals surface area contributed by atoms with Gasteiger partial charge in [0.1, 0.15) is 11.3 Å². The van der Waals surface area contributed by atoms with Crippen LogP contribution in [0.3, 0.4) is 0 Å². The molecule has 5 nitrogen and oxygen atoms in total. The summed E-state index contributed by atoms with van der Waals surface area (Å²) in [6.07, 6.45) is 0.183. The Labute approximate surface area is 178 Å². The van der Waals surface area contributed by atoms with Gasteiger partial charge < -0.3 is 14.5 Å². The molecule has 0 aliphatic heterocycles. The Morgan fingerprint density at radius 2 is 1.73 bits per heavy atom. The van der Waals surface area contributed by atoms with E-state index in [2.05, 4.69) is 5.32 Å². The lowest BCUT2D eigenvalue weighted by Crippen LogP contribution is -2.16. The number of methoxy groups -OCH3 is 1. The first-order chi connectivity index (χ1) is 14.6. The van der Waals surface area contributed by atoms with E-state index in [0.717, 1.165) is 5.56 Å². The van der Waals surface area contributed by atoms with Gasteiger partial charge in [0.15, 0.2) is 5.76 Å². The normalized spacial score (nSPS) is 10.7. The molecule has 6 heteroatoms. The van der Waals surface area contributed by atoms with Crippen molar-refractivity contribution in [2.24, 2.45) is 0 Å². The lowest BCUT2D eigenvalue weighted by atomic mass is 10.1. The Morgan fingerprint density at radius 1 is 1.00 bits per heavy atom. The number of ether oxygens (including phenoxy) is 1. The molecular weight excluding hydrogens is 402 g/mol. The second-order valence-corrected chi connectivity index (χ2v) is 7.10. The minimum atomic E-state index is -0.384. The highest BCUT2D eigenvalue weighted by Crippen LogP contribution is 2.34. The van der Waals surface area contributed by atoms with E-state index < -0.39 is 0 Å². The SMILES string of the molecule is COc1ccc(C(=O)c2oc3ccccc3c2NC(=O)Cc2ccccc2)cc1Cl. The number of ketones is 1. The van der Waals surface area contributed by atoms with Crippen molar-refractivity contribution in [1.82, 2.24) is 0 Å². The van der Waals surface area contributed by atoms with Crippen molar-refractivity contribution >= 4 is 39.9 Å². The number of halogens is 1. The minimum absolute atomic E-state index is 0.0545. The maximum atomic E-state index is 13.2. The summed E-state index contributed by atoms with van der Waals surface area (Å²) in [7, 11) is 1.50. The Bertz CT molecular complexity index is 1230. The first kappa shape index (κ1) is 19.7. The summed E-state index contributed by atoms with van der Waals surface area (Å²) in [5, 5.41) is 3.83. The van der Waals surface area contributed by atoms with E-state index in [-0.39, 0.29) is 23.9 Å². The van der Waals surface area contributed by atoms with Crippen molar-refractivity contribution in [2.45, 2.75) is 6.42 Å². The second kappa shape index (κ2) is 8.43. The van der Waals surface area contributed by atoms with Gasteiger partial charge in [0.05, 0.1) is 24.2 Å². The molecule has 4 aromatic rings. The molecule has 0 radical (unpaired) electrons. The van der Waals surface area contributed by atoms with Crippen molar-refractivity contribution in [1.29, 1.82) is 0 Å². The van der Waals surface area contributed by atoms with E-state index in [1.807, 2.05) is 36.4 Å². The number of anilines is 1. The van der Waals surface area contributed by atoms with Gasteiger partial charge in [-0.2, -0.15) is 0 Å². The van der Waals surface area contributed by atoms with E-state index in [1.165, 1.54) is 13.2 Å². The Hall–Kier alpha value is -3.57. The number of furan rings is 1. The molecule has 1 heterocycles. The number of carbonyl (C=O) groups excluding carboxylic acids is 2. The van der Waals surface area contributed by atoms with Crippen LogP contribution in [0.1, 0.15) is 21.7 Å². The van der Waals surface area contributed by atoms with Crippen LogP contribution in [-0.4, -0.2) is 18.8 Å². The number of carbonyl (C=O) groups is 2. The fraction of sp³-hybridized carbons (Fsp3) is 0.0833. The van der Waals surface area contributed by atoms with Gasteiger partial charge in [-0.25, -0.2) is 0 Å². The minimum Gasteiger partial charge on any atom is -0.495 e. The lowest BCUT2D eigenvalue weighted by molar-refractivity contribution is -0.115. The lowest BCUT2D eigenvalue weighted by Gasteiger charge is -2.08. The van der Waals surface area contributed by atoms with Gasteiger partial charge in [0.2, 0.25) is 11.7 Å². The summed E-state index contributed by atoms with van der Waals surface area (Å²) in [5.74, 6) is -0.103. The summed E-state index contributed by atoms with van der Waals surface area (Å²) in [5.41, 5.74) is 2.06. The van der Waals surface area contributed by atoms with Gasteiger partial charge in [-0.15, -0.1) is 0 Å². The number of nitrogens with one attached hydrogen (secondary N) is 1. The zero-order valence-electron chi connectivity index (χ0n) is 16.1. The van der Waals surface area contributed by atoms with Crippen molar-refractivity contribution in [3.8, 4) is 5.75 Å². The molecule has 150 valence electrons. The van der Waals surface area contributed by atoms with Crippen molar-refractivity contribution in [3.05, 3.63) is 94.7 Å². The van der Waals surface area contributed by atoms with Crippen LogP contribution in [0.15, 0.2) is 77.2 Å². The highest BCUT2D eigenvalue weighted by Gasteiger charge is 2.24. The van der Waals surface area contributed by atoms with Crippen molar-refractivity contribution in [2.75, 3.05) is 12.4 Å². The van der Waals surface area contributed by atoms with E-state index >= 15 is 0 Å². The van der Waals surface area contributed by atoms with Crippen LogP contribution in [0.5, 0.6) is 5.75 Å². The van der Waals surface area contributed by atoms with Gasteiger partial charge >= 0.3 is 0 Å². The zero-order valence-corrected chi connectivity index (χ0v) is 16.9. The quantitative estimate of drug-likeness (QED) is 0.418. The molecule has 1 aromatic heterocycles. The summed E-state index contributed by atoms with van der Waals surface area (Å²) in [6, 6.07) is 21.3. The Balaban J connectivity index is 1.70. The predicted molar refractivity (Wildman–Crippen MR) is 116 cm³/mol. The van der Waals surface area contributed by atoms with Crippen LogP contribution in [0.2, 0.25) is 5.02 Å². The summed E-state index contributed by atoms with van der Waals surface area (Å²) >= 11 is 6.18. The van der Waals surface area contributed by atoms with Gasteiger partial charge in [-0.3, -0.25) is 9.59 Å². The Morgan fingerprint density at radius 3 is 2.47 bits per heavy atom. The van der Waals surface area contributed by atoms with Crippen LogP contribution < -0.4 is 10.1 Å². The summed E-state index contributed by atoms with van der Waals surface area (Å²) < 4.78 is 11.0. The van der Waals surface area contributed by atoms with Crippen LogP contribution in [-0.2, 0) is 11.2 Å². The number of benzene rings is 3. The average Bonchev–Trinajstić information content (AvgIpc) is 3.12. The highest BCUT2D eigenvalue weighted by atomic mass is 35.5. The third kappa shape index (κ3) is 3.93. The van der Waals surface area contributed by atoms with E-state index in [4.69, 9.17) is 20.8 Å². The van der Waals surface area contributed by atoms with Crippen molar-refractivity contribution in [3.63, 3.8) is 0 Å². The van der Waals surface area contributed by atoms with Crippen LogP contribution >= 0.6 is 11.6 Å². The third-order valence-corrected chi connectivity index (χ3v) is 4.98. The smallest absolute Gasteiger partial charge is 0.230 e. The molecule has 0 saturated carbocycles. The molecule has 1 N–H and O–H groups in total. The molecule has 0 fully saturated rings. The average molecular weight is 420 g/mol. The molecule has 4 rings (SSSR count). The fourth-order valence-corrected chi connectivity index (χ4v) is 3.49. The first-order valence-corrected chi connectivity index (χ1v) is 9.68. The second-order valence-electron chi connectivity index (χ2n) is 6.69. The number of hydrogen-bond donors (Lipinski definition) is 1. The molecular formula is C24H18ClNO4. The largest absolute Gasteiger partial charge is 0.495 e. The standard InChI is InChI=1S/C24H18ClNO4/c1-29-20-12-11-16(14-18(20)25)23(28)24-22(17-9-5-6-10-19(17)30-24)26-21(27)13-15-7-3-2-4-8-15/h2-12,14H,13H2,1H3,(H,26,27). The maximum Gasteiger partial charge on any atom is 0.230 e. The number of para-hydroxylation sites is 1. The molecule has 3 aromatic carbocycles. The number of hydrogen-bond acceptors (Lipinski definition) is 4. The molecule has 0 atom stereocenters. The molecule has 0 unspecified atom stereocenters. The third-order valence-electron chi connectivity index (χ3n) is 4.69. The number of fused-ring (bicyclic) bond motifs is 1. The predicted octanol–water partition coefficient (Wildman–Crippen LogP) is 5.51. The summed E-state index contributed by atoms with van der Waals surface area (Å²) in [4.78, 5) is 25.9. The fourth-order valence-electron chi connectivity index (χ4n) is 3.23. The van der Waals surface area contributed by atoms with Crippen LogP contribution in [0.25, 0.3) is 11.0 Å². The van der Waals surface area contributed by atoms with Crippen molar-refractivity contribution < 1.29 is 18.7 Å². The molecule has 0 aliphatic carbocycles. The van der Waals surface area contributed by atoms with Gasteiger partial charge in [-0.05, 0) is 35.9 Å². The van der Waals surface area contributed by atoms with Gasteiger partial charge in [0.25, 0.3) is 0 Å². The molecule has 30 heavy (non-hydrogen) atoms. The highest BCUT2D eigenvalue weighted by molar-refractivity contribution is 6.32. The van der Waals surface area contributed by atoms with Crippen LogP contribution in [0.4, 0.5) is 5.69 Å². The first-order valence-electron chi connectivity index (χ1n) is 9.30. The zero-order chi connectivity index (χ0) is 21.1.